The monoisotopic (exact) mass is 241 g/mol. The average Bonchev–Trinajstić information content (AvgIpc) is 2.83. The lowest BCUT2D eigenvalue weighted by Gasteiger charge is -2.22. The van der Waals surface area contributed by atoms with Crippen LogP contribution in [0.1, 0.15) is 24.6 Å². The van der Waals surface area contributed by atoms with Gasteiger partial charge in [-0.15, -0.1) is 0 Å². The Balaban J connectivity index is 1.72. The smallest absolute Gasteiger partial charge is 0.240 e. The van der Waals surface area contributed by atoms with Gasteiger partial charge in [0.2, 0.25) is 5.89 Å². The molecule has 2 rings (SSSR count). The molecule has 1 fully saturated rings. The Bertz CT molecular complexity index is 324. The lowest BCUT2D eigenvalue weighted by atomic mass is 10.1. The normalized spacial score (nSPS) is 20.6. The van der Waals surface area contributed by atoms with E-state index in [1.54, 1.807) is 7.11 Å². The zero-order valence-electron chi connectivity index (χ0n) is 10.1. The lowest BCUT2D eigenvalue weighted by molar-refractivity contribution is 0.0689. The van der Waals surface area contributed by atoms with Crippen LogP contribution in [0.15, 0.2) is 4.52 Å². The topological polar surface area (TPSA) is 69.4 Å². The van der Waals surface area contributed by atoms with E-state index in [1.165, 1.54) is 0 Å². The molecule has 0 aliphatic carbocycles. The molecule has 1 aromatic heterocycles. The molecule has 1 aliphatic heterocycles. The van der Waals surface area contributed by atoms with Gasteiger partial charge in [-0.25, -0.2) is 0 Å². The standard InChI is InChI=1S/C11H19N3O3/c1-15-6-4-10-13-11(17-14-10)7-12-9-3-2-5-16-8-9/h9,12H,2-8H2,1H3/t9-/m1/s1. The van der Waals surface area contributed by atoms with Crippen LogP contribution in [0, 0.1) is 0 Å². The molecule has 2 heterocycles. The number of nitrogens with zero attached hydrogens (tertiary/aromatic N) is 2. The summed E-state index contributed by atoms with van der Waals surface area (Å²) in [6.45, 7) is 2.86. The van der Waals surface area contributed by atoms with Gasteiger partial charge in [-0.1, -0.05) is 5.16 Å². The highest BCUT2D eigenvalue weighted by molar-refractivity contribution is 4.87. The Morgan fingerprint density at radius 2 is 2.47 bits per heavy atom. The van der Waals surface area contributed by atoms with E-state index in [0.29, 0.717) is 37.3 Å². The summed E-state index contributed by atoms with van der Waals surface area (Å²) in [7, 11) is 1.66. The summed E-state index contributed by atoms with van der Waals surface area (Å²) in [5.41, 5.74) is 0. The van der Waals surface area contributed by atoms with E-state index >= 15 is 0 Å². The largest absolute Gasteiger partial charge is 0.384 e. The quantitative estimate of drug-likeness (QED) is 0.783. The van der Waals surface area contributed by atoms with Crippen molar-refractivity contribution >= 4 is 0 Å². The second-order valence-electron chi connectivity index (χ2n) is 4.14. The Hall–Kier alpha value is -0.980. The number of hydrogen-bond donors (Lipinski definition) is 1. The predicted octanol–water partition coefficient (Wildman–Crippen LogP) is 0.527. The van der Waals surface area contributed by atoms with Crippen LogP contribution < -0.4 is 5.32 Å². The van der Waals surface area contributed by atoms with Crippen molar-refractivity contribution in [1.29, 1.82) is 0 Å². The minimum Gasteiger partial charge on any atom is -0.384 e. The second kappa shape index (κ2) is 6.68. The molecule has 96 valence electrons. The summed E-state index contributed by atoms with van der Waals surface area (Å²) in [6, 6.07) is 0.401. The number of ether oxygens (including phenoxy) is 2. The van der Waals surface area contributed by atoms with Crippen LogP contribution in [0.3, 0.4) is 0 Å². The summed E-state index contributed by atoms with van der Waals surface area (Å²) >= 11 is 0. The molecule has 1 aromatic rings. The van der Waals surface area contributed by atoms with Gasteiger partial charge in [0.05, 0.1) is 19.8 Å². The first-order valence-electron chi connectivity index (χ1n) is 6.00. The fraction of sp³-hybridized carbons (Fsp3) is 0.818. The van der Waals surface area contributed by atoms with Gasteiger partial charge in [-0.2, -0.15) is 4.98 Å². The number of methoxy groups -OCH3 is 1. The van der Waals surface area contributed by atoms with Crippen LogP contribution in [0.5, 0.6) is 0 Å². The van der Waals surface area contributed by atoms with Crippen molar-refractivity contribution in [2.45, 2.75) is 31.8 Å². The highest BCUT2D eigenvalue weighted by atomic mass is 16.5. The number of aromatic nitrogens is 2. The molecule has 17 heavy (non-hydrogen) atoms. The summed E-state index contributed by atoms with van der Waals surface area (Å²) in [5, 5.41) is 7.23. The predicted molar refractivity (Wildman–Crippen MR) is 60.6 cm³/mol. The first kappa shape index (κ1) is 12.5. The summed E-state index contributed by atoms with van der Waals surface area (Å²) in [5.74, 6) is 1.32. The van der Waals surface area contributed by atoms with Crippen molar-refractivity contribution in [3.8, 4) is 0 Å². The Morgan fingerprint density at radius 3 is 3.24 bits per heavy atom. The highest BCUT2D eigenvalue weighted by Crippen LogP contribution is 2.07. The lowest BCUT2D eigenvalue weighted by Crippen LogP contribution is -2.36. The van der Waals surface area contributed by atoms with Crippen molar-refractivity contribution in [2.24, 2.45) is 0 Å². The van der Waals surface area contributed by atoms with E-state index in [2.05, 4.69) is 15.5 Å². The highest BCUT2D eigenvalue weighted by Gasteiger charge is 2.14. The average molecular weight is 241 g/mol. The molecule has 1 aliphatic rings. The Morgan fingerprint density at radius 1 is 1.53 bits per heavy atom. The Kier molecular flexibility index (Phi) is 4.90. The maximum Gasteiger partial charge on any atom is 0.240 e. The molecule has 6 nitrogen and oxygen atoms in total. The van der Waals surface area contributed by atoms with Crippen molar-refractivity contribution in [3.05, 3.63) is 11.7 Å². The molecule has 0 amide bonds. The van der Waals surface area contributed by atoms with E-state index in [9.17, 15) is 0 Å². The van der Waals surface area contributed by atoms with Gasteiger partial charge in [0.15, 0.2) is 5.82 Å². The third kappa shape index (κ3) is 4.07. The van der Waals surface area contributed by atoms with Crippen LogP contribution in [0.25, 0.3) is 0 Å². The van der Waals surface area contributed by atoms with Crippen molar-refractivity contribution in [3.63, 3.8) is 0 Å². The minimum absolute atomic E-state index is 0.401. The third-order valence-electron chi connectivity index (χ3n) is 2.74. The molecule has 0 radical (unpaired) electrons. The van der Waals surface area contributed by atoms with E-state index in [0.717, 1.165) is 26.1 Å². The van der Waals surface area contributed by atoms with Crippen LogP contribution in [0.2, 0.25) is 0 Å². The summed E-state index contributed by atoms with van der Waals surface area (Å²) in [6.07, 6.45) is 2.94. The molecule has 1 saturated heterocycles. The van der Waals surface area contributed by atoms with Crippen LogP contribution in [0.4, 0.5) is 0 Å². The number of hydrogen-bond acceptors (Lipinski definition) is 6. The summed E-state index contributed by atoms with van der Waals surface area (Å²) in [4.78, 5) is 4.27. The van der Waals surface area contributed by atoms with Crippen molar-refractivity contribution < 1.29 is 14.0 Å². The van der Waals surface area contributed by atoms with E-state index in [4.69, 9.17) is 14.0 Å². The minimum atomic E-state index is 0.401. The van der Waals surface area contributed by atoms with Gasteiger partial charge >= 0.3 is 0 Å². The van der Waals surface area contributed by atoms with Crippen LogP contribution in [-0.4, -0.2) is 43.1 Å². The number of nitrogens with one attached hydrogen (secondary N) is 1. The van der Waals surface area contributed by atoms with Crippen molar-refractivity contribution in [2.75, 3.05) is 26.9 Å². The molecular formula is C11H19N3O3. The molecule has 1 atom stereocenters. The van der Waals surface area contributed by atoms with E-state index in [-0.39, 0.29) is 0 Å². The SMILES string of the molecule is COCCc1noc(CN[C@@H]2CCCOC2)n1. The zero-order valence-corrected chi connectivity index (χ0v) is 10.1. The maximum absolute atomic E-state index is 5.38. The van der Waals surface area contributed by atoms with Gasteiger partial charge in [0, 0.05) is 26.2 Å². The molecular weight excluding hydrogens is 222 g/mol. The fourth-order valence-electron chi connectivity index (χ4n) is 1.79. The molecule has 0 aromatic carbocycles. The number of rotatable bonds is 6. The van der Waals surface area contributed by atoms with Crippen molar-refractivity contribution in [1.82, 2.24) is 15.5 Å². The molecule has 0 spiro atoms. The fourth-order valence-corrected chi connectivity index (χ4v) is 1.79. The summed E-state index contributed by atoms with van der Waals surface area (Å²) < 4.78 is 15.5. The second-order valence-corrected chi connectivity index (χ2v) is 4.14. The van der Waals surface area contributed by atoms with Gasteiger partial charge in [-0.3, -0.25) is 0 Å². The Labute approximate surface area is 101 Å². The molecule has 0 saturated carbocycles. The molecule has 0 unspecified atom stereocenters. The van der Waals surface area contributed by atoms with Gasteiger partial charge in [0.25, 0.3) is 0 Å². The first-order chi connectivity index (χ1) is 8.38. The van der Waals surface area contributed by atoms with Gasteiger partial charge in [0.1, 0.15) is 0 Å². The van der Waals surface area contributed by atoms with Crippen LogP contribution in [-0.2, 0) is 22.4 Å². The van der Waals surface area contributed by atoms with E-state index in [1.807, 2.05) is 0 Å². The molecule has 0 bridgehead atoms. The molecule has 6 heteroatoms. The molecule has 1 N–H and O–H groups in total. The first-order valence-corrected chi connectivity index (χ1v) is 6.00. The zero-order chi connectivity index (χ0) is 11.9. The van der Waals surface area contributed by atoms with E-state index < -0.39 is 0 Å². The van der Waals surface area contributed by atoms with Gasteiger partial charge < -0.3 is 19.3 Å². The van der Waals surface area contributed by atoms with Crippen LogP contribution >= 0.6 is 0 Å². The third-order valence-corrected chi connectivity index (χ3v) is 2.74. The van der Waals surface area contributed by atoms with Gasteiger partial charge in [-0.05, 0) is 12.8 Å². The maximum atomic E-state index is 5.38.